The molecule has 2 heterocycles. The number of fused-ring (bicyclic) bond motifs is 1. The zero-order chi connectivity index (χ0) is 21.1. The predicted molar refractivity (Wildman–Crippen MR) is 121 cm³/mol. The number of aromatic nitrogens is 2. The molecule has 4 rings (SSSR count). The number of nitrogens with one attached hydrogen (secondary N) is 1. The van der Waals surface area contributed by atoms with Crippen LogP contribution < -0.4 is 10.2 Å². The summed E-state index contributed by atoms with van der Waals surface area (Å²) < 4.78 is 0. The summed E-state index contributed by atoms with van der Waals surface area (Å²) in [5.74, 6) is 1.17. The Labute approximate surface area is 178 Å². The van der Waals surface area contributed by atoms with Crippen molar-refractivity contribution in [3.63, 3.8) is 0 Å². The molecule has 160 valence electrons. The summed E-state index contributed by atoms with van der Waals surface area (Å²) >= 11 is 0. The van der Waals surface area contributed by atoms with Gasteiger partial charge in [0.2, 0.25) is 5.91 Å². The first kappa shape index (κ1) is 20.1. The van der Waals surface area contributed by atoms with Gasteiger partial charge in [-0.1, -0.05) is 31.2 Å². The van der Waals surface area contributed by atoms with Crippen molar-refractivity contribution in [2.45, 2.75) is 38.3 Å². The van der Waals surface area contributed by atoms with E-state index in [0.29, 0.717) is 17.8 Å². The molecule has 0 spiro atoms. The highest BCUT2D eigenvalue weighted by molar-refractivity contribution is 5.91. The molecule has 3 N–H and O–H groups in total. The number of nitrogens with zero attached hydrogens (tertiary/aromatic N) is 3. The van der Waals surface area contributed by atoms with Crippen LogP contribution in [0.2, 0.25) is 0 Å². The van der Waals surface area contributed by atoms with Gasteiger partial charge in [0.15, 0.2) is 5.82 Å². The number of amides is 1. The van der Waals surface area contributed by atoms with Crippen molar-refractivity contribution < 1.29 is 17.9 Å². The Bertz CT molecular complexity index is 1060. The van der Waals surface area contributed by atoms with Crippen LogP contribution in [0.5, 0.6) is 5.75 Å². The van der Waals surface area contributed by atoms with Gasteiger partial charge in [-0.15, -0.1) is 0 Å². The molecule has 1 aliphatic rings. The number of rotatable bonds is 5. The zero-order valence-electron chi connectivity index (χ0n) is 17.0. The number of hydrogen-bond acceptors (Lipinski definition) is 6. The van der Waals surface area contributed by atoms with Crippen LogP contribution >= 0.6 is 0 Å². The summed E-state index contributed by atoms with van der Waals surface area (Å²) in [6.45, 7) is 3.25. The third-order valence-electron chi connectivity index (χ3n) is 5.56. The number of anilines is 1. The normalized spacial score (nSPS) is 15.9. The second kappa shape index (κ2) is 8.67. The SMILES string of the molecule is CC[C@@H](O)C(=O)NC1CCN(c2nc(-c3ccccc3O)nc3ccccc23)CC1.[HH].[HH]. The summed E-state index contributed by atoms with van der Waals surface area (Å²) in [5, 5.41) is 23.9. The number of benzene rings is 2. The van der Waals surface area contributed by atoms with Crippen molar-refractivity contribution in [1.29, 1.82) is 0 Å². The Balaban J connectivity index is 0.00000181. The third-order valence-corrected chi connectivity index (χ3v) is 5.56. The van der Waals surface area contributed by atoms with Crippen LogP contribution in [0.15, 0.2) is 48.5 Å². The molecule has 1 atom stereocenters. The Morgan fingerprint density at radius 1 is 1.17 bits per heavy atom. The number of aromatic hydroxyl groups is 1. The number of aliphatic hydroxyl groups excluding tert-OH is 1. The van der Waals surface area contributed by atoms with E-state index in [2.05, 4.69) is 15.2 Å². The smallest absolute Gasteiger partial charge is 0.249 e. The minimum Gasteiger partial charge on any atom is -0.507 e. The van der Waals surface area contributed by atoms with Gasteiger partial charge in [-0.3, -0.25) is 4.79 Å². The summed E-state index contributed by atoms with van der Waals surface area (Å²) in [7, 11) is 0. The Kier molecular flexibility index (Phi) is 5.81. The van der Waals surface area contributed by atoms with Crippen molar-refractivity contribution in [1.82, 2.24) is 15.3 Å². The highest BCUT2D eigenvalue weighted by Gasteiger charge is 2.25. The van der Waals surface area contributed by atoms with Crippen molar-refractivity contribution in [2.24, 2.45) is 0 Å². The van der Waals surface area contributed by atoms with E-state index in [4.69, 9.17) is 4.98 Å². The fraction of sp³-hybridized carbons (Fsp3) is 0.348. The maximum absolute atomic E-state index is 12.0. The Morgan fingerprint density at radius 2 is 1.87 bits per heavy atom. The van der Waals surface area contributed by atoms with E-state index in [0.717, 1.165) is 42.7 Å². The monoisotopic (exact) mass is 410 g/mol. The Morgan fingerprint density at radius 3 is 2.60 bits per heavy atom. The van der Waals surface area contributed by atoms with Crippen molar-refractivity contribution in [3.05, 3.63) is 48.5 Å². The summed E-state index contributed by atoms with van der Waals surface area (Å²) in [6, 6.07) is 15.0. The van der Waals surface area contributed by atoms with Crippen LogP contribution in [0, 0.1) is 0 Å². The number of phenols is 1. The molecule has 30 heavy (non-hydrogen) atoms. The molecule has 7 nitrogen and oxygen atoms in total. The fourth-order valence-corrected chi connectivity index (χ4v) is 3.80. The van der Waals surface area contributed by atoms with Gasteiger partial charge < -0.3 is 20.4 Å². The lowest BCUT2D eigenvalue weighted by Gasteiger charge is -2.34. The number of para-hydroxylation sites is 2. The predicted octanol–water partition coefficient (Wildman–Crippen LogP) is 3.35. The lowest BCUT2D eigenvalue weighted by atomic mass is 10.0. The molecule has 3 aromatic rings. The van der Waals surface area contributed by atoms with Crippen LogP contribution in [0.4, 0.5) is 5.82 Å². The first-order chi connectivity index (χ1) is 14.6. The largest absolute Gasteiger partial charge is 0.507 e. The van der Waals surface area contributed by atoms with Gasteiger partial charge in [0.05, 0.1) is 11.1 Å². The molecule has 1 fully saturated rings. The highest BCUT2D eigenvalue weighted by atomic mass is 16.3. The maximum Gasteiger partial charge on any atom is 0.249 e. The summed E-state index contributed by atoms with van der Waals surface area (Å²) in [6.07, 6.45) is 1.00. The van der Waals surface area contributed by atoms with Crippen LogP contribution in [-0.2, 0) is 4.79 Å². The van der Waals surface area contributed by atoms with E-state index < -0.39 is 6.10 Å². The van der Waals surface area contributed by atoms with E-state index in [1.54, 1.807) is 19.1 Å². The number of carbonyl (C=O) groups is 1. The van der Waals surface area contributed by atoms with Crippen molar-refractivity contribution in [3.8, 4) is 17.1 Å². The van der Waals surface area contributed by atoms with Gasteiger partial charge in [0.25, 0.3) is 0 Å². The Hall–Kier alpha value is -3.19. The molecular formula is C23H30N4O3. The van der Waals surface area contributed by atoms with Gasteiger partial charge in [-0.2, -0.15) is 0 Å². The van der Waals surface area contributed by atoms with Crippen LogP contribution in [0.1, 0.15) is 29.0 Å². The molecule has 7 heteroatoms. The summed E-state index contributed by atoms with van der Waals surface area (Å²) in [5.41, 5.74) is 1.42. The number of phenolic OH excluding ortho intramolecular Hbond substituents is 1. The quantitative estimate of drug-likeness (QED) is 0.597. The van der Waals surface area contributed by atoms with E-state index in [1.807, 2.05) is 36.4 Å². The van der Waals surface area contributed by atoms with E-state index in [1.165, 1.54) is 0 Å². The van der Waals surface area contributed by atoms with Crippen molar-refractivity contribution in [2.75, 3.05) is 18.0 Å². The average molecular weight is 411 g/mol. The second-order valence-electron chi connectivity index (χ2n) is 7.60. The van der Waals surface area contributed by atoms with Gasteiger partial charge in [0.1, 0.15) is 17.7 Å². The van der Waals surface area contributed by atoms with Gasteiger partial charge in [-0.25, -0.2) is 9.97 Å². The minimum absolute atomic E-state index is 0. The molecular weight excluding hydrogens is 380 g/mol. The zero-order valence-corrected chi connectivity index (χ0v) is 17.0. The van der Waals surface area contributed by atoms with E-state index in [-0.39, 0.29) is 20.6 Å². The number of piperidine rings is 1. The van der Waals surface area contributed by atoms with Gasteiger partial charge >= 0.3 is 0 Å². The number of carbonyl (C=O) groups excluding carboxylic acids is 1. The topological polar surface area (TPSA) is 98.6 Å². The maximum atomic E-state index is 12.0. The lowest BCUT2D eigenvalue weighted by molar-refractivity contribution is -0.130. The van der Waals surface area contributed by atoms with Crippen LogP contribution in [0.3, 0.4) is 0 Å². The van der Waals surface area contributed by atoms with Crippen molar-refractivity contribution >= 4 is 22.6 Å². The first-order valence-electron chi connectivity index (χ1n) is 10.4. The lowest BCUT2D eigenvalue weighted by Crippen LogP contribution is -2.47. The highest BCUT2D eigenvalue weighted by Crippen LogP contribution is 2.32. The fourth-order valence-electron chi connectivity index (χ4n) is 3.80. The standard InChI is InChI=1S/C23H26N4O3.2H2/c1-2-19(28)23(30)24-15-11-13-27(14-12-15)22-16-7-3-5-9-18(16)25-21(26-22)17-8-4-6-10-20(17)29;;/h3-10,15,19,28-29H,2,11-14H2,1H3,(H,24,30);2*1H/t19-;;/m1../s1. The average Bonchev–Trinajstić information content (AvgIpc) is 2.78. The minimum atomic E-state index is -0.949. The molecule has 0 saturated carbocycles. The molecule has 1 aromatic heterocycles. The second-order valence-corrected chi connectivity index (χ2v) is 7.60. The van der Waals surface area contributed by atoms with Gasteiger partial charge in [-0.05, 0) is 43.5 Å². The number of hydrogen-bond donors (Lipinski definition) is 3. The van der Waals surface area contributed by atoms with Crippen LogP contribution in [-0.4, -0.2) is 51.3 Å². The molecule has 1 amide bonds. The number of aliphatic hydroxyl groups is 1. The molecule has 0 aliphatic carbocycles. The first-order valence-corrected chi connectivity index (χ1v) is 10.4. The molecule has 0 unspecified atom stereocenters. The van der Waals surface area contributed by atoms with E-state index >= 15 is 0 Å². The molecule has 0 bridgehead atoms. The molecule has 2 aromatic carbocycles. The molecule has 1 aliphatic heterocycles. The molecule has 1 saturated heterocycles. The summed E-state index contributed by atoms with van der Waals surface area (Å²) in [4.78, 5) is 23.7. The van der Waals surface area contributed by atoms with E-state index in [9.17, 15) is 15.0 Å². The molecule has 0 radical (unpaired) electrons. The van der Waals surface area contributed by atoms with Gasteiger partial charge in [0, 0.05) is 27.4 Å². The van der Waals surface area contributed by atoms with Crippen LogP contribution in [0.25, 0.3) is 22.3 Å². The third kappa shape index (κ3) is 4.07.